The van der Waals surface area contributed by atoms with Gasteiger partial charge in [0.15, 0.2) is 13.0 Å². The summed E-state index contributed by atoms with van der Waals surface area (Å²) in [5.41, 5.74) is 1.92. The quantitative estimate of drug-likeness (QED) is 0.768. The Labute approximate surface area is 109 Å². The molecule has 18 heavy (non-hydrogen) atoms. The third-order valence-electron chi connectivity index (χ3n) is 2.86. The molecule has 1 atom stereocenters. The molecule has 1 aromatic heterocycles. The molecule has 0 amide bonds. The van der Waals surface area contributed by atoms with E-state index >= 15 is 0 Å². The zero-order chi connectivity index (χ0) is 14.0. The van der Waals surface area contributed by atoms with Crippen molar-refractivity contribution in [2.24, 2.45) is 5.92 Å². The number of piperidine rings is 1. The molecule has 0 radical (unpaired) electrons. The molecule has 1 aliphatic rings. The molecule has 1 saturated heterocycles. The SMILES string of the molecule is [2H]Nc1nc(F)nc(N2CCCC(C(=O)[O-])C2)c1Cl. The van der Waals surface area contributed by atoms with E-state index in [1.54, 1.807) is 4.90 Å². The Kier molecular flexibility index (Phi) is 3.14. The van der Waals surface area contributed by atoms with E-state index in [4.69, 9.17) is 13.0 Å². The zero-order valence-electron chi connectivity index (χ0n) is 10.3. The van der Waals surface area contributed by atoms with Gasteiger partial charge in [-0.3, -0.25) is 0 Å². The first-order valence-corrected chi connectivity index (χ1v) is 5.77. The summed E-state index contributed by atoms with van der Waals surface area (Å²) in [5.74, 6) is -1.85. The molecule has 0 bridgehead atoms. The van der Waals surface area contributed by atoms with Crippen LogP contribution in [-0.4, -0.2) is 29.0 Å². The van der Waals surface area contributed by atoms with E-state index in [0.29, 0.717) is 19.4 Å². The van der Waals surface area contributed by atoms with Crippen LogP contribution in [0.2, 0.25) is 6.43 Å². The first-order chi connectivity index (χ1) is 9.02. The lowest BCUT2D eigenvalue weighted by Gasteiger charge is -2.34. The number of hydrogen-bond donors (Lipinski definition) is 1. The molecule has 2 N–H and O–H groups in total. The second kappa shape index (κ2) is 4.93. The Bertz CT molecular complexity index is 505. The number of anilines is 2. The highest BCUT2D eigenvalue weighted by Crippen LogP contribution is 2.30. The molecule has 0 spiro atoms. The summed E-state index contributed by atoms with van der Waals surface area (Å²) < 4.78 is 20.2. The van der Waals surface area contributed by atoms with Gasteiger partial charge in [0.2, 0.25) is 0 Å². The molecule has 2 heterocycles. The molecule has 0 aliphatic carbocycles. The van der Waals surface area contributed by atoms with Crippen LogP contribution in [0, 0.1) is 12.0 Å². The van der Waals surface area contributed by atoms with Gasteiger partial charge in [0.05, 0.1) is 0 Å². The number of carboxylic acid groups (broad SMARTS) is 1. The minimum absolute atomic E-state index is 0.00426. The topological polar surface area (TPSA) is 95.2 Å². The molecule has 8 heteroatoms. The molecule has 1 aromatic rings. The van der Waals surface area contributed by atoms with Crippen molar-refractivity contribution in [1.82, 2.24) is 9.97 Å². The number of nitrogen functional groups attached to an aromatic ring is 1. The monoisotopic (exact) mass is 274 g/mol. The third kappa shape index (κ3) is 2.45. The molecule has 1 unspecified atom stereocenters. The third-order valence-corrected chi connectivity index (χ3v) is 3.21. The number of rotatable bonds is 3. The van der Waals surface area contributed by atoms with Gasteiger partial charge in [-0.25, -0.2) is 0 Å². The van der Waals surface area contributed by atoms with E-state index in [1.807, 2.05) is 5.73 Å². The first kappa shape index (κ1) is 11.5. The van der Waals surface area contributed by atoms with Gasteiger partial charge in [-0.15, -0.1) is 0 Å². The summed E-state index contributed by atoms with van der Waals surface area (Å²) in [5, 5.41) is 10.9. The summed E-state index contributed by atoms with van der Waals surface area (Å²) in [6.45, 7) is 0.660. The number of nitrogens with two attached hydrogens (primary N) is 1. The highest BCUT2D eigenvalue weighted by Gasteiger charge is 2.25. The minimum atomic E-state index is -1.14. The van der Waals surface area contributed by atoms with Gasteiger partial charge in [-0.05, 0) is 12.8 Å². The van der Waals surface area contributed by atoms with Crippen molar-refractivity contribution in [3.8, 4) is 0 Å². The predicted octanol–water partition coefficient (Wildman–Crippen LogP) is -0.182. The van der Waals surface area contributed by atoms with Crippen LogP contribution in [0.5, 0.6) is 0 Å². The van der Waals surface area contributed by atoms with Crippen molar-refractivity contribution >= 4 is 29.2 Å². The molecule has 1 aliphatic heterocycles. The van der Waals surface area contributed by atoms with Crippen LogP contribution in [0.3, 0.4) is 0 Å². The summed E-state index contributed by atoms with van der Waals surface area (Å²) in [4.78, 5) is 19.4. The molecular formula is C10H11ClFN4O2-. The van der Waals surface area contributed by atoms with Crippen molar-refractivity contribution in [2.45, 2.75) is 12.8 Å². The average Bonchev–Trinajstić information content (AvgIpc) is 2.41. The Morgan fingerprint density at radius 1 is 1.67 bits per heavy atom. The summed E-state index contributed by atoms with van der Waals surface area (Å²) >= 11 is 5.96. The molecular weight excluding hydrogens is 263 g/mol. The van der Waals surface area contributed by atoms with Gasteiger partial charge < -0.3 is 20.5 Å². The van der Waals surface area contributed by atoms with Crippen molar-refractivity contribution < 1.29 is 15.7 Å². The Balaban J connectivity index is 2.30. The van der Waals surface area contributed by atoms with Gasteiger partial charge >= 0.3 is 6.08 Å². The highest BCUT2D eigenvalue weighted by atomic mass is 35.5. The molecule has 1 fully saturated rings. The van der Waals surface area contributed by atoms with E-state index in [9.17, 15) is 14.3 Å². The lowest BCUT2D eigenvalue weighted by molar-refractivity contribution is -0.311. The summed E-state index contributed by atoms with van der Waals surface area (Å²) in [6.07, 6.45) is 0.0994. The fourth-order valence-corrected chi connectivity index (χ4v) is 2.18. The summed E-state index contributed by atoms with van der Waals surface area (Å²) in [6, 6.07) is 0. The van der Waals surface area contributed by atoms with Gasteiger partial charge in [-0.2, -0.15) is 14.4 Å². The van der Waals surface area contributed by atoms with Crippen LogP contribution in [0.1, 0.15) is 12.8 Å². The second-order valence-corrected chi connectivity index (χ2v) is 4.46. The van der Waals surface area contributed by atoms with Gasteiger partial charge in [0.25, 0.3) is 0 Å². The van der Waals surface area contributed by atoms with Crippen molar-refractivity contribution in [3.05, 3.63) is 11.1 Å². The number of nitrogens with zero attached hydrogens (tertiary/aromatic N) is 3. The molecule has 2 rings (SSSR count). The van der Waals surface area contributed by atoms with Crippen LogP contribution in [0.15, 0.2) is 0 Å². The van der Waals surface area contributed by atoms with E-state index in [2.05, 4.69) is 9.97 Å². The van der Waals surface area contributed by atoms with Crippen LogP contribution < -0.4 is 15.7 Å². The number of carboxylic acids is 1. The normalized spacial score (nSPS) is 20.4. The standard InChI is InChI=1S/C10H12ClFN4O2/c11-6-7(13)14-10(12)15-8(6)16-3-1-2-5(4-16)9(17)18/h5H,1-4H2,(H,17,18)(H2,13,14,15)/p-1/i/hD. The Hall–Kier alpha value is -1.63. The maximum absolute atomic E-state index is 13.2. The lowest BCUT2D eigenvalue weighted by atomic mass is 9.98. The van der Waals surface area contributed by atoms with Crippen LogP contribution >= 0.6 is 11.6 Å². The fourth-order valence-electron chi connectivity index (χ4n) is 1.98. The second-order valence-electron chi connectivity index (χ2n) is 4.08. The Morgan fingerprint density at radius 3 is 3.11 bits per heavy atom. The number of carbonyl (C=O) groups excluding carboxylic acids is 1. The van der Waals surface area contributed by atoms with E-state index in [1.165, 1.54) is 0 Å². The predicted molar refractivity (Wildman–Crippen MR) is 61.4 cm³/mol. The molecule has 0 aromatic carbocycles. The van der Waals surface area contributed by atoms with Gasteiger partial charge in [0, 0.05) is 25.0 Å². The Morgan fingerprint density at radius 2 is 2.44 bits per heavy atom. The van der Waals surface area contributed by atoms with Crippen molar-refractivity contribution in [3.63, 3.8) is 0 Å². The molecule has 6 nitrogen and oxygen atoms in total. The minimum Gasteiger partial charge on any atom is -0.550 e. The van der Waals surface area contributed by atoms with Crippen molar-refractivity contribution in [1.29, 1.82) is 0 Å². The number of aliphatic carboxylic acids is 1. The van der Waals surface area contributed by atoms with Crippen molar-refractivity contribution in [2.75, 3.05) is 23.7 Å². The largest absolute Gasteiger partial charge is 0.550 e. The maximum Gasteiger partial charge on any atom is 0.312 e. The van der Waals surface area contributed by atoms with Crippen LogP contribution in [-0.2, 0) is 4.79 Å². The number of halogens is 2. The van der Waals surface area contributed by atoms with E-state index in [0.717, 1.165) is 0 Å². The summed E-state index contributed by atoms with van der Waals surface area (Å²) in [7, 11) is 0. The average molecular weight is 275 g/mol. The van der Waals surface area contributed by atoms with E-state index in [-0.39, 0.29) is 23.2 Å². The molecule has 0 saturated carbocycles. The smallest absolute Gasteiger partial charge is 0.312 e. The maximum atomic E-state index is 13.2. The van der Waals surface area contributed by atoms with Gasteiger partial charge in [0.1, 0.15) is 5.02 Å². The van der Waals surface area contributed by atoms with Crippen LogP contribution in [0.25, 0.3) is 0 Å². The van der Waals surface area contributed by atoms with Crippen LogP contribution in [0.4, 0.5) is 16.0 Å². The lowest BCUT2D eigenvalue weighted by Crippen LogP contribution is -2.44. The number of aromatic nitrogens is 2. The molecule has 98 valence electrons. The number of hydrogen-bond acceptors (Lipinski definition) is 6. The first-order valence-electron chi connectivity index (χ1n) is 5.89. The highest BCUT2D eigenvalue weighted by molar-refractivity contribution is 6.35. The zero-order valence-corrected chi connectivity index (χ0v) is 10.1. The fraction of sp³-hybridized carbons (Fsp3) is 0.500. The number of carbonyl (C=O) groups is 1. The van der Waals surface area contributed by atoms with Gasteiger partial charge in [-0.1, -0.05) is 11.6 Å². The van der Waals surface area contributed by atoms with E-state index < -0.39 is 18.0 Å².